The number of nitrogens with zero attached hydrogens (tertiary/aromatic N) is 4. The second-order valence-electron chi connectivity index (χ2n) is 21.3. The number of benzene rings is 7. The van der Waals surface area contributed by atoms with E-state index in [-0.39, 0.29) is 124 Å². The van der Waals surface area contributed by atoms with E-state index < -0.39 is 46.6 Å². The molecule has 18 heteroatoms. The summed E-state index contributed by atoms with van der Waals surface area (Å²) in [6, 6.07) is 61.2. The molecule has 16 nitrogen and oxygen atoms in total. The van der Waals surface area contributed by atoms with Gasteiger partial charge in [0.15, 0.2) is 11.6 Å². The topological polar surface area (TPSA) is 253 Å². The highest BCUT2D eigenvalue weighted by atomic mass is 32.1. The number of carbonyl (C=O) groups is 6. The van der Waals surface area contributed by atoms with E-state index in [9.17, 15) is 30.6 Å². The fourth-order valence-electron chi connectivity index (χ4n) is 11.5. The van der Waals surface area contributed by atoms with Gasteiger partial charge in [-0.2, -0.15) is 21.0 Å². The molecule has 0 fully saturated rings. The van der Waals surface area contributed by atoms with Crippen molar-refractivity contribution in [2.45, 2.75) is 37.6 Å². The molecule has 0 saturated carbocycles. The van der Waals surface area contributed by atoms with E-state index in [4.69, 9.17) is 28.4 Å². The molecule has 0 bridgehead atoms. The number of esters is 4. The van der Waals surface area contributed by atoms with E-state index in [1.807, 2.05) is 24.3 Å². The van der Waals surface area contributed by atoms with Crippen molar-refractivity contribution in [1.82, 2.24) is 0 Å². The lowest BCUT2D eigenvalue weighted by molar-refractivity contribution is -0.185. The molecule has 0 saturated heterocycles. The summed E-state index contributed by atoms with van der Waals surface area (Å²) in [7, 11) is 0. The lowest BCUT2D eigenvalue weighted by Crippen LogP contribution is -2.54. The summed E-state index contributed by atoms with van der Waals surface area (Å²) < 4.78 is 38.4. The lowest BCUT2D eigenvalue weighted by atomic mass is 9.78. The van der Waals surface area contributed by atoms with Crippen molar-refractivity contribution >= 4 is 81.4 Å². The van der Waals surface area contributed by atoms with Gasteiger partial charge in [0.1, 0.15) is 73.3 Å². The van der Waals surface area contributed by atoms with Crippen LogP contribution in [-0.4, -0.2) is 35.4 Å². The molecular formula is C74H42N4O12S2. The maximum absolute atomic E-state index is 15.8. The fraction of sp³-hybridized carbons (Fsp3) is 0.0811. The Kier molecular flexibility index (Phi) is 15.5. The van der Waals surface area contributed by atoms with Crippen LogP contribution < -0.4 is 9.47 Å². The SMILES string of the molecule is N#CC(C#N)=C1/C(=C/c2cc3c(s2)-c2cc4c(cc2C(C(=O)OCc2ccccc2)(C(=O)OCc2ccccc2)O3)-c2sc(/C=C3\C(=O)c5ccccc5C3=C(C#N)C#N)cc2OC4(C(=O)OCc2ccccc2)C(=O)OCc2ccccc2)C(=O)c2ccccc21. The molecule has 0 spiro atoms. The van der Waals surface area contributed by atoms with Crippen LogP contribution in [0.25, 0.3) is 44.2 Å². The maximum atomic E-state index is 15.8. The predicted molar refractivity (Wildman–Crippen MR) is 336 cm³/mol. The normalized spacial score (nSPS) is 14.8. The molecule has 0 N–H and O–H groups in total. The Balaban J connectivity index is 1.08. The van der Waals surface area contributed by atoms with Crippen molar-refractivity contribution < 1.29 is 57.2 Å². The van der Waals surface area contributed by atoms with Crippen LogP contribution in [0.5, 0.6) is 11.5 Å². The second-order valence-corrected chi connectivity index (χ2v) is 23.4. The Bertz CT molecular complexity index is 4480. The van der Waals surface area contributed by atoms with E-state index in [1.165, 1.54) is 36.4 Å². The third-order valence-electron chi connectivity index (χ3n) is 15.8. The van der Waals surface area contributed by atoms with Gasteiger partial charge in [0.25, 0.3) is 0 Å². The number of fused-ring (bicyclic) bond motifs is 8. The van der Waals surface area contributed by atoms with Gasteiger partial charge in [0, 0.05) is 65.4 Å². The first-order chi connectivity index (χ1) is 44.9. The van der Waals surface area contributed by atoms with Crippen molar-refractivity contribution in [2.24, 2.45) is 0 Å². The zero-order valence-electron chi connectivity index (χ0n) is 48.0. The monoisotopic (exact) mass is 1240 g/mol. The fourth-order valence-corrected chi connectivity index (χ4v) is 13.6. The Hall–Kier alpha value is -12.3. The van der Waals surface area contributed by atoms with E-state index in [0.29, 0.717) is 33.4 Å². The Morgan fingerprint density at radius 2 is 0.674 bits per heavy atom. The third-order valence-corrected chi connectivity index (χ3v) is 18.0. The van der Waals surface area contributed by atoms with Crippen LogP contribution in [0.2, 0.25) is 0 Å². The minimum Gasteiger partial charge on any atom is -0.458 e. The highest BCUT2D eigenvalue weighted by molar-refractivity contribution is 7.17. The van der Waals surface area contributed by atoms with Crippen LogP contribution in [0.4, 0.5) is 0 Å². The average molecular weight is 1240 g/mol. The number of rotatable bonds is 14. The molecule has 92 heavy (non-hydrogen) atoms. The number of nitriles is 4. The first-order valence-corrected chi connectivity index (χ1v) is 30.0. The predicted octanol–water partition coefficient (Wildman–Crippen LogP) is 13.5. The van der Waals surface area contributed by atoms with Crippen LogP contribution in [0, 0.1) is 45.3 Å². The summed E-state index contributed by atoms with van der Waals surface area (Å²) in [4.78, 5) is 92.8. The molecule has 0 atom stereocenters. The number of carbonyl (C=O) groups excluding carboxylic acids is 6. The average Bonchev–Trinajstić information content (AvgIpc) is 1.12. The molecule has 2 aliphatic heterocycles. The smallest absolute Gasteiger partial charge is 0.367 e. The van der Waals surface area contributed by atoms with Gasteiger partial charge in [-0.15, -0.1) is 22.7 Å². The van der Waals surface area contributed by atoms with Gasteiger partial charge in [-0.25, -0.2) is 19.2 Å². The zero-order valence-corrected chi connectivity index (χ0v) is 49.6. The summed E-state index contributed by atoms with van der Waals surface area (Å²) in [5, 5.41) is 41.0. The molecule has 4 aliphatic rings. The van der Waals surface area contributed by atoms with Gasteiger partial charge in [0.2, 0.25) is 0 Å². The number of Topliss-reactive ketones (excluding diaryl/α,β-unsaturated/α-hetero) is 2. The zero-order chi connectivity index (χ0) is 63.7. The van der Waals surface area contributed by atoms with E-state index >= 15 is 19.2 Å². The van der Waals surface area contributed by atoms with Gasteiger partial charge in [-0.3, -0.25) is 9.59 Å². The minimum absolute atomic E-state index is 0.00573. The molecule has 0 radical (unpaired) electrons. The summed E-state index contributed by atoms with van der Waals surface area (Å²) in [5.41, 5.74) is -3.41. The molecule has 0 amide bonds. The summed E-state index contributed by atoms with van der Waals surface area (Å²) in [5.74, 6) is -6.27. The van der Waals surface area contributed by atoms with E-state index in [1.54, 1.807) is 170 Å². The largest absolute Gasteiger partial charge is 0.458 e. The number of hydrogen-bond donors (Lipinski definition) is 0. The van der Waals surface area contributed by atoms with Crippen molar-refractivity contribution in [1.29, 1.82) is 21.0 Å². The van der Waals surface area contributed by atoms with Gasteiger partial charge in [0.05, 0.1) is 9.75 Å². The number of thiophene rings is 2. The van der Waals surface area contributed by atoms with Gasteiger partial charge >= 0.3 is 35.1 Å². The van der Waals surface area contributed by atoms with Crippen LogP contribution in [0.1, 0.15) is 75.0 Å². The molecule has 0 unspecified atom stereocenters. The van der Waals surface area contributed by atoms with Crippen molar-refractivity contribution in [3.05, 3.63) is 282 Å². The molecule has 9 aromatic rings. The van der Waals surface area contributed by atoms with Crippen molar-refractivity contribution in [3.63, 3.8) is 0 Å². The van der Waals surface area contributed by atoms with E-state index in [0.717, 1.165) is 22.7 Å². The molecule has 4 heterocycles. The van der Waals surface area contributed by atoms with E-state index in [2.05, 4.69) is 0 Å². The summed E-state index contributed by atoms with van der Waals surface area (Å²) in [6.45, 7) is -1.48. The maximum Gasteiger partial charge on any atom is 0.367 e. The van der Waals surface area contributed by atoms with Crippen LogP contribution >= 0.6 is 22.7 Å². The van der Waals surface area contributed by atoms with Crippen LogP contribution in [-0.2, 0) is 75.8 Å². The summed E-state index contributed by atoms with van der Waals surface area (Å²) >= 11 is 2.01. The van der Waals surface area contributed by atoms with Crippen molar-refractivity contribution in [2.75, 3.05) is 0 Å². The molecule has 2 aliphatic carbocycles. The standard InChI is InChI=1S/C74H42N4O12S2/c75-35-47(36-76)63-51-25-13-15-27-53(51)65(79)57(63)29-49-31-61-67(91-49)55-34-60-56(33-59(55)73(89-61,69(81)85-39-43-17-5-1-6-18-43)70(82)86-40-44-19-7-2-8-20-44)68-62(32-50(92-68)30-58-64(48(37-77)38-78)52-26-14-16-28-54(52)66(58)80)90-74(60,71(83)87-41-45-21-9-3-10-22-45)72(84)88-42-46-23-11-4-12-24-46/h1-34H,39-42H2/b57-29-,58-30-. The van der Waals surface area contributed by atoms with Crippen molar-refractivity contribution in [3.8, 4) is 56.7 Å². The first-order valence-electron chi connectivity index (χ1n) is 28.4. The lowest BCUT2D eigenvalue weighted by Gasteiger charge is -2.39. The Labute approximate surface area is 532 Å². The Morgan fingerprint density at radius 1 is 0.391 bits per heavy atom. The second kappa shape index (κ2) is 24.3. The number of allylic oxidation sites excluding steroid dienone is 6. The van der Waals surface area contributed by atoms with Gasteiger partial charge in [-0.1, -0.05) is 170 Å². The molecular weight excluding hydrogens is 1200 g/mol. The number of ketones is 2. The number of hydrogen-bond acceptors (Lipinski definition) is 18. The minimum atomic E-state index is -2.90. The third kappa shape index (κ3) is 10.2. The van der Waals surface area contributed by atoms with Crippen LogP contribution in [0.15, 0.2) is 216 Å². The molecule has 13 rings (SSSR count). The highest BCUT2D eigenvalue weighted by Gasteiger charge is 2.62. The first kappa shape index (κ1) is 58.7. The van der Waals surface area contributed by atoms with Gasteiger partial charge in [-0.05, 0) is 69.8 Å². The Morgan fingerprint density at radius 3 is 0.967 bits per heavy atom. The van der Waals surface area contributed by atoms with Crippen LogP contribution in [0.3, 0.4) is 0 Å². The number of ether oxygens (including phenoxy) is 6. The molecule has 2 aromatic heterocycles. The van der Waals surface area contributed by atoms with Gasteiger partial charge < -0.3 is 28.4 Å². The highest BCUT2D eigenvalue weighted by Crippen LogP contribution is 2.58. The molecule has 7 aromatic carbocycles. The quantitative estimate of drug-likeness (QED) is 0.0322. The molecule has 442 valence electrons. The summed E-state index contributed by atoms with van der Waals surface area (Å²) in [6.07, 6.45) is 2.93.